The van der Waals surface area contributed by atoms with Gasteiger partial charge < -0.3 is 11.5 Å². The Hall–Kier alpha value is -1.84. The van der Waals surface area contributed by atoms with Gasteiger partial charge in [0.05, 0.1) is 0 Å². The summed E-state index contributed by atoms with van der Waals surface area (Å²) in [7, 11) is 0. The normalized spacial score (nSPS) is 10.3. The van der Waals surface area contributed by atoms with Gasteiger partial charge in [0.1, 0.15) is 5.82 Å². The molecule has 12 heavy (non-hydrogen) atoms. The topological polar surface area (TPSA) is 82.0 Å². The molecule has 1 rings (SSSR count). The van der Waals surface area contributed by atoms with Crippen molar-refractivity contribution in [2.24, 2.45) is 5.73 Å². The molecule has 4 nitrogen and oxygen atoms in total. The Balaban J connectivity index is 2.77. The number of nitrogens with two attached hydrogens (primary N) is 2. The molecular formula is C8H9N3O. The SMILES string of the molecule is NC(=O)/C=C/c1ccc(N)nc1. The fraction of sp³-hybridized carbons (Fsp3) is 0. The van der Waals surface area contributed by atoms with Crippen molar-refractivity contribution < 1.29 is 4.79 Å². The molecular weight excluding hydrogens is 154 g/mol. The number of amides is 1. The first-order valence-corrected chi connectivity index (χ1v) is 3.37. The average molecular weight is 163 g/mol. The second-order valence-electron chi connectivity index (χ2n) is 2.25. The lowest BCUT2D eigenvalue weighted by Gasteiger charge is -1.92. The van der Waals surface area contributed by atoms with E-state index in [0.29, 0.717) is 5.82 Å². The molecule has 0 fully saturated rings. The average Bonchev–Trinajstić information content (AvgIpc) is 2.03. The summed E-state index contributed by atoms with van der Waals surface area (Å²) in [4.78, 5) is 14.2. The van der Waals surface area contributed by atoms with Gasteiger partial charge in [0, 0.05) is 12.3 Å². The van der Waals surface area contributed by atoms with Crippen molar-refractivity contribution in [2.75, 3.05) is 5.73 Å². The van der Waals surface area contributed by atoms with E-state index in [2.05, 4.69) is 4.98 Å². The van der Waals surface area contributed by atoms with Crippen LogP contribution in [0.3, 0.4) is 0 Å². The second-order valence-corrected chi connectivity index (χ2v) is 2.25. The zero-order valence-electron chi connectivity index (χ0n) is 6.40. The number of nitrogens with zero attached hydrogens (tertiary/aromatic N) is 1. The first kappa shape index (κ1) is 8.26. The van der Waals surface area contributed by atoms with Gasteiger partial charge in [0.15, 0.2) is 0 Å². The van der Waals surface area contributed by atoms with Gasteiger partial charge in [0.2, 0.25) is 5.91 Å². The number of aromatic nitrogens is 1. The van der Waals surface area contributed by atoms with E-state index in [1.54, 1.807) is 24.4 Å². The molecule has 0 spiro atoms. The highest BCUT2D eigenvalue weighted by molar-refractivity contribution is 5.90. The molecule has 0 saturated carbocycles. The molecule has 1 aromatic rings. The molecule has 0 aliphatic carbocycles. The second kappa shape index (κ2) is 3.52. The van der Waals surface area contributed by atoms with Crippen LogP contribution in [0.15, 0.2) is 24.4 Å². The Labute approximate surface area is 69.9 Å². The molecule has 1 amide bonds. The summed E-state index contributed by atoms with van der Waals surface area (Å²) in [6, 6.07) is 3.41. The van der Waals surface area contributed by atoms with Crippen LogP contribution < -0.4 is 11.5 Å². The molecule has 0 aliphatic rings. The predicted molar refractivity (Wildman–Crippen MR) is 46.9 cm³/mol. The zero-order chi connectivity index (χ0) is 8.97. The van der Waals surface area contributed by atoms with Crippen LogP contribution in [0.4, 0.5) is 5.82 Å². The molecule has 1 heterocycles. The third-order valence-electron chi connectivity index (χ3n) is 1.25. The van der Waals surface area contributed by atoms with Crippen LogP contribution in [0, 0.1) is 0 Å². The van der Waals surface area contributed by atoms with Crippen LogP contribution >= 0.6 is 0 Å². The van der Waals surface area contributed by atoms with Crippen molar-refractivity contribution in [3.8, 4) is 0 Å². The van der Waals surface area contributed by atoms with E-state index in [9.17, 15) is 4.79 Å². The number of carbonyl (C=O) groups is 1. The van der Waals surface area contributed by atoms with Crippen LogP contribution in [0.2, 0.25) is 0 Å². The van der Waals surface area contributed by atoms with Crippen LogP contribution in [-0.2, 0) is 4.79 Å². The Morgan fingerprint density at radius 3 is 2.75 bits per heavy atom. The molecule has 4 heteroatoms. The third-order valence-corrected chi connectivity index (χ3v) is 1.25. The van der Waals surface area contributed by atoms with Crippen molar-refractivity contribution >= 4 is 17.8 Å². The summed E-state index contributed by atoms with van der Waals surface area (Å²) in [5.41, 5.74) is 11.0. The molecule has 1 aromatic heterocycles. The first-order valence-electron chi connectivity index (χ1n) is 3.37. The minimum absolute atomic E-state index is 0.450. The van der Waals surface area contributed by atoms with Crippen LogP contribution in [0.5, 0.6) is 0 Å². The van der Waals surface area contributed by atoms with Crippen LogP contribution in [-0.4, -0.2) is 10.9 Å². The number of hydrogen-bond acceptors (Lipinski definition) is 3. The lowest BCUT2D eigenvalue weighted by atomic mass is 10.2. The summed E-state index contributed by atoms with van der Waals surface area (Å²) >= 11 is 0. The van der Waals surface area contributed by atoms with Gasteiger partial charge in [-0.25, -0.2) is 4.98 Å². The van der Waals surface area contributed by atoms with Crippen LogP contribution in [0.25, 0.3) is 6.08 Å². The highest BCUT2D eigenvalue weighted by atomic mass is 16.1. The van der Waals surface area contributed by atoms with Crippen molar-refractivity contribution in [1.29, 1.82) is 0 Å². The summed E-state index contributed by atoms with van der Waals surface area (Å²) in [5.74, 6) is -0.0296. The molecule has 0 aliphatic heterocycles. The number of rotatable bonds is 2. The lowest BCUT2D eigenvalue weighted by Crippen LogP contribution is -2.05. The van der Waals surface area contributed by atoms with E-state index >= 15 is 0 Å². The summed E-state index contributed by atoms with van der Waals surface area (Å²) < 4.78 is 0. The lowest BCUT2D eigenvalue weighted by molar-refractivity contribution is -0.113. The number of carbonyl (C=O) groups excluding carboxylic acids is 1. The van der Waals surface area contributed by atoms with Gasteiger partial charge in [-0.05, 0) is 23.8 Å². The van der Waals surface area contributed by atoms with Gasteiger partial charge in [-0.2, -0.15) is 0 Å². The predicted octanol–water partition coefficient (Wildman–Crippen LogP) is 0.162. The van der Waals surface area contributed by atoms with Gasteiger partial charge >= 0.3 is 0 Å². The largest absolute Gasteiger partial charge is 0.384 e. The Morgan fingerprint density at radius 1 is 1.50 bits per heavy atom. The Morgan fingerprint density at radius 2 is 2.25 bits per heavy atom. The molecule has 0 atom stereocenters. The summed E-state index contributed by atoms with van der Waals surface area (Å²) in [6.07, 6.45) is 4.41. The van der Waals surface area contributed by atoms with Crippen molar-refractivity contribution in [1.82, 2.24) is 4.98 Å². The van der Waals surface area contributed by atoms with Gasteiger partial charge in [-0.3, -0.25) is 4.79 Å². The van der Waals surface area contributed by atoms with Gasteiger partial charge in [-0.15, -0.1) is 0 Å². The summed E-state index contributed by atoms with van der Waals surface area (Å²) in [5, 5.41) is 0. The van der Waals surface area contributed by atoms with E-state index in [4.69, 9.17) is 11.5 Å². The standard InChI is InChI=1S/C8H9N3O/c9-7-3-1-6(5-11-7)2-4-8(10)12/h1-5H,(H2,9,11)(H2,10,12)/b4-2+. The van der Waals surface area contributed by atoms with Crippen LogP contribution in [0.1, 0.15) is 5.56 Å². The fourth-order valence-corrected chi connectivity index (χ4v) is 0.694. The van der Waals surface area contributed by atoms with E-state index in [0.717, 1.165) is 5.56 Å². The third kappa shape index (κ3) is 2.42. The van der Waals surface area contributed by atoms with E-state index in [1.165, 1.54) is 6.08 Å². The van der Waals surface area contributed by atoms with Crippen molar-refractivity contribution in [3.05, 3.63) is 30.0 Å². The summed E-state index contributed by atoms with van der Waals surface area (Å²) in [6.45, 7) is 0. The molecule has 0 radical (unpaired) electrons. The highest BCUT2D eigenvalue weighted by Crippen LogP contribution is 2.02. The smallest absolute Gasteiger partial charge is 0.241 e. The molecule has 0 saturated heterocycles. The quantitative estimate of drug-likeness (QED) is 0.609. The van der Waals surface area contributed by atoms with Gasteiger partial charge in [0.25, 0.3) is 0 Å². The maximum absolute atomic E-state index is 10.3. The minimum atomic E-state index is -0.480. The molecule has 0 aromatic carbocycles. The molecule has 0 unspecified atom stereocenters. The number of anilines is 1. The Bertz CT molecular complexity index is 303. The number of pyridine rings is 1. The van der Waals surface area contributed by atoms with E-state index < -0.39 is 5.91 Å². The molecule has 62 valence electrons. The van der Waals surface area contributed by atoms with Gasteiger partial charge in [-0.1, -0.05) is 0 Å². The monoisotopic (exact) mass is 163 g/mol. The van der Waals surface area contributed by atoms with E-state index in [-0.39, 0.29) is 0 Å². The maximum atomic E-state index is 10.3. The van der Waals surface area contributed by atoms with Crippen molar-refractivity contribution in [2.45, 2.75) is 0 Å². The minimum Gasteiger partial charge on any atom is -0.384 e. The fourth-order valence-electron chi connectivity index (χ4n) is 0.694. The van der Waals surface area contributed by atoms with Crippen molar-refractivity contribution in [3.63, 3.8) is 0 Å². The first-order chi connectivity index (χ1) is 5.68. The zero-order valence-corrected chi connectivity index (χ0v) is 6.40. The maximum Gasteiger partial charge on any atom is 0.241 e. The Kier molecular flexibility index (Phi) is 2.42. The highest BCUT2D eigenvalue weighted by Gasteiger charge is 1.88. The number of nitrogen functional groups attached to an aromatic ring is 1. The number of hydrogen-bond donors (Lipinski definition) is 2. The number of primary amides is 1. The molecule has 0 bridgehead atoms. The molecule has 4 N–H and O–H groups in total. The van der Waals surface area contributed by atoms with E-state index in [1.807, 2.05) is 0 Å².